The average Bonchev–Trinajstić information content (AvgIpc) is 3.11. The standard InChI is InChI=1S/C26H34F3N5O4/c1-22(2,3)38-21(36)32-6-8-33(9-7-32)24-13-25(14-24,15-24)34-12-16-10-19(30-20(35)26(27,28)29)17(23(4,5)37)11-18(16)31-34/h10-12,37H,6-9,13-15H2,1-5H3,(H,30,35). The molecule has 38 heavy (non-hydrogen) atoms. The van der Waals surface area contributed by atoms with Gasteiger partial charge in [-0.25, -0.2) is 4.79 Å². The molecule has 2 bridgehead atoms. The van der Waals surface area contributed by atoms with Crippen LogP contribution in [0.3, 0.4) is 0 Å². The molecule has 0 radical (unpaired) electrons. The summed E-state index contributed by atoms with van der Waals surface area (Å²) in [4.78, 5) is 28.2. The van der Waals surface area contributed by atoms with Crippen molar-refractivity contribution >= 4 is 28.6 Å². The molecule has 2 N–H and O–H groups in total. The molecule has 0 unspecified atom stereocenters. The van der Waals surface area contributed by atoms with Crippen molar-refractivity contribution in [2.24, 2.45) is 0 Å². The first kappa shape index (κ1) is 26.7. The van der Waals surface area contributed by atoms with E-state index in [2.05, 4.69) is 4.90 Å². The van der Waals surface area contributed by atoms with Crippen LogP contribution in [0.4, 0.5) is 23.7 Å². The van der Waals surface area contributed by atoms with Gasteiger partial charge in [-0.3, -0.25) is 14.4 Å². The normalized spacial score (nSPS) is 26.1. The van der Waals surface area contributed by atoms with Crippen molar-refractivity contribution in [2.75, 3.05) is 31.5 Å². The second-order valence-corrected chi connectivity index (χ2v) is 12.5. The predicted molar refractivity (Wildman–Crippen MR) is 134 cm³/mol. The zero-order valence-corrected chi connectivity index (χ0v) is 22.3. The van der Waals surface area contributed by atoms with Crippen molar-refractivity contribution in [1.29, 1.82) is 0 Å². The van der Waals surface area contributed by atoms with Gasteiger partial charge in [0.2, 0.25) is 0 Å². The molecule has 2 heterocycles. The lowest BCUT2D eigenvalue weighted by molar-refractivity contribution is -0.216. The minimum atomic E-state index is -5.05. The van der Waals surface area contributed by atoms with Crippen LogP contribution in [0.1, 0.15) is 59.4 Å². The lowest BCUT2D eigenvalue weighted by Gasteiger charge is -2.74. The number of nitrogens with one attached hydrogen (secondary N) is 1. The number of anilines is 1. The second kappa shape index (κ2) is 8.32. The van der Waals surface area contributed by atoms with Crippen LogP contribution >= 0.6 is 0 Å². The number of carbonyl (C=O) groups is 2. The number of piperazine rings is 1. The first-order valence-corrected chi connectivity index (χ1v) is 12.8. The van der Waals surface area contributed by atoms with Crippen LogP contribution in [0, 0.1) is 0 Å². The largest absolute Gasteiger partial charge is 0.471 e. The number of ether oxygens (including phenoxy) is 1. The van der Waals surface area contributed by atoms with E-state index in [4.69, 9.17) is 9.84 Å². The van der Waals surface area contributed by atoms with E-state index in [9.17, 15) is 27.9 Å². The Morgan fingerprint density at radius 2 is 1.61 bits per heavy atom. The number of hydrogen-bond donors (Lipinski definition) is 2. The SMILES string of the molecule is CC(C)(C)OC(=O)N1CCN(C23CC(n4cc5cc(NC(=O)C(F)(F)F)c(C(C)(C)O)cc5n4)(C2)C3)CC1. The number of carbonyl (C=O) groups excluding carboxylic acids is 2. The Morgan fingerprint density at radius 1 is 1.00 bits per heavy atom. The summed E-state index contributed by atoms with van der Waals surface area (Å²) in [5.41, 5.74) is -1.51. The van der Waals surface area contributed by atoms with Crippen LogP contribution in [0.5, 0.6) is 0 Å². The molecule has 1 saturated heterocycles. The quantitative estimate of drug-likeness (QED) is 0.613. The van der Waals surface area contributed by atoms with Crippen LogP contribution in [0.25, 0.3) is 10.9 Å². The summed E-state index contributed by atoms with van der Waals surface area (Å²) >= 11 is 0. The Kier molecular flexibility index (Phi) is 5.85. The fourth-order valence-electron chi connectivity index (χ4n) is 6.07. The molecule has 1 aromatic heterocycles. The van der Waals surface area contributed by atoms with Crippen LogP contribution in [-0.2, 0) is 20.7 Å². The number of nitrogens with zero attached hydrogens (tertiary/aromatic N) is 4. The maximum Gasteiger partial charge on any atom is 0.471 e. The van der Waals surface area contributed by atoms with Gasteiger partial charge in [-0.15, -0.1) is 0 Å². The number of alkyl halides is 3. The van der Waals surface area contributed by atoms with Crippen molar-refractivity contribution in [3.63, 3.8) is 0 Å². The van der Waals surface area contributed by atoms with Gasteiger partial charge < -0.3 is 20.1 Å². The fourth-order valence-corrected chi connectivity index (χ4v) is 6.07. The molecule has 4 aliphatic rings. The molecule has 1 aliphatic heterocycles. The molecular formula is C26H34F3N5O4. The van der Waals surface area contributed by atoms with Gasteiger partial charge in [-0.2, -0.15) is 18.3 Å². The number of rotatable bonds is 4. The third-order valence-corrected chi connectivity index (χ3v) is 7.87. The van der Waals surface area contributed by atoms with Crippen LogP contribution < -0.4 is 5.32 Å². The van der Waals surface area contributed by atoms with Gasteiger partial charge in [0.05, 0.1) is 16.7 Å². The maximum absolute atomic E-state index is 12.9. The van der Waals surface area contributed by atoms with Crippen molar-refractivity contribution in [3.8, 4) is 0 Å². The van der Waals surface area contributed by atoms with E-state index in [1.807, 2.05) is 30.8 Å². The van der Waals surface area contributed by atoms with E-state index in [1.54, 1.807) is 11.1 Å². The summed E-state index contributed by atoms with van der Waals surface area (Å²) in [6.07, 6.45) is -0.834. The number of benzene rings is 1. The highest BCUT2D eigenvalue weighted by Crippen LogP contribution is 2.68. The summed E-state index contributed by atoms with van der Waals surface area (Å²) in [5.74, 6) is -2.09. The first-order valence-electron chi connectivity index (χ1n) is 12.8. The fraction of sp³-hybridized carbons (Fsp3) is 0.654. The molecule has 0 spiro atoms. The highest BCUT2D eigenvalue weighted by molar-refractivity contribution is 5.98. The smallest absolute Gasteiger partial charge is 0.444 e. The number of aliphatic hydroxyl groups is 1. The molecule has 2 aromatic rings. The minimum absolute atomic E-state index is 0.0717. The zero-order chi connectivity index (χ0) is 27.9. The van der Waals surface area contributed by atoms with E-state index in [0.717, 1.165) is 32.4 Å². The maximum atomic E-state index is 12.9. The van der Waals surface area contributed by atoms with Crippen molar-refractivity contribution in [2.45, 2.75) is 82.3 Å². The van der Waals surface area contributed by atoms with E-state index >= 15 is 0 Å². The van der Waals surface area contributed by atoms with Crippen LogP contribution in [0.15, 0.2) is 18.3 Å². The van der Waals surface area contributed by atoms with Gasteiger partial charge in [0, 0.05) is 54.6 Å². The number of fused-ring (bicyclic) bond motifs is 1. The monoisotopic (exact) mass is 537 g/mol. The third-order valence-electron chi connectivity index (χ3n) is 7.87. The molecule has 4 fully saturated rings. The number of aromatic nitrogens is 2. The number of hydrogen-bond acceptors (Lipinski definition) is 6. The summed E-state index contributed by atoms with van der Waals surface area (Å²) in [6, 6.07) is 2.97. The molecule has 1 aromatic carbocycles. The van der Waals surface area contributed by atoms with Crippen molar-refractivity contribution in [1.82, 2.24) is 19.6 Å². The zero-order valence-electron chi connectivity index (χ0n) is 22.3. The molecule has 6 rings (SSSR count). The van der Waals surface area contributed by atoms with Gasteiger partial charge in [0.1, 0.15) is 5.60 Å². The van der Waals surface area contributed by atoms with Crippen LogP contribution in [-0.4, -0.2) is 80.2 Å². The van der Waals surface area contributed by atoms with E-state index in [0.29, 0.717) is 24.0 Å². The Bertz CT molecular complexity index is 1260. The molecular weight excluding hydrogens is 503 g/mol. The summed E-state index contributed by atoms with van der Waals surface area (Å²) in [6.45, 7) is 11.2. The van der Waals surface area contributed by atoms with Crippen LogP contribution in [0.2, 0.25) is 0 Å². The Morgan fingerprint density at radius 3 is 2.13 bits per heavy atom. The Hall–Kier alpha value is -2.86. The Balaban J connectivity index is 1.28. The second-order valence-electron chi connectivity index (χ2n) is 12.5. The first-order chi connectivity index (χ1) is 17.4. The van der Waals surface area contributed by atoms with E-state index in [1.165, 1.54) is 26.0 Å². The summed E-state index contributed by atoms with van der Waals surface area (Å²) < 4.78 is 46.1. The van der Waals surface area contributed by atoms with Crippen molar-refractivity contribution in [3.05, 3.63) is 23.9 Å². The molecule has 12 heteroatoms. The molecule has 3 aliphatic carbocycles. The van der Waals surface area contributed by atoms with Gasteiger partial charge in [-0.1, -0.05) is 0 Å². The predicted octanol–water partition coefficient (Wildman–Crippen LogP) is 3.95. The summed E-state index contributed by atoms with van der Waals surface area (Å²) in [7, 11) is 0. The van der Waals surface area contributed by atoms with E-state index < -0.39 is 23.3 Å². The van der Waals surface area contributed by atoms with E-state index in [-0.39, 0.29) is 28.4 Å². The Labute approximate surface area is 218 Å². The molecule has 208 valence electrons. The lowest BCUT2D eigenvalue weighted by Crippen LogP contribution is -2.80. The van der Waals surface area contributed by atoms with Gasteiger partial charge in [0.15, 0.2) is 0 Å². The topological polar surface area (TPSA) is 99.9 Å². The number of halogens is 3. The van der Waals surface area contributed by atoms with Gasteiger partial charge in [-0.05, 0) is 66.0 Å². The highest BCUT2D eigenvalue weighted by Gasteiger charge is 2.71. The van der Waals surface area contributed by atoms with Gasteiger partial charge in [0.25, 0.3) is 0 Å². The molecule has 9 nitrogen and oxygen atoms in total. The molecule has 3 saturated carbocycles. The summed E-state index contributed by atoms with van der Waals surface area (Å²) in [5, 5.41) is 17.8. The highest BCUT2D eigenvalue weighted by atomic mass is 19.4. The number of amides is 2. The molecule has 0 atom stereocenters. The lowest BCUT2D eigenvalue weighted by atomic mass is 9.43. The minimum Gasteiger partial charge on any atom is -0.444 e. The van der Waals surface area contributed by atoms with Crippen molar-refractivity contribution < 1.29 is 32.6 Å². The molecule has 2 amide bonds. The van der Waals surface area contributed by atoms with Gasteiger partial charge >= 0.3 is 18.2 Å². The average molecular weight is 538 g/mol. The third kappa shape index (κ3) is 4.61.